The molecule has 1 unspecified atom stereocenters. The number of fused-ring (bicyclic) bond motifs is 1. The van der Waals surface area contributed by atoms with Crippen LogP contribution in [0.4, 0.5) is 10.1 Å². The maximum atomic E-state index is 13.8. The number of nitrogens with one attached hydrogen (secondary N) is 1. The molecule has 8 heteroatoms. The number of halogens is 1. The molecule has 0 fully saturated rings. The first-order valence-electron chi connectivity index (χ1n) is 10.1. The van der Waals surface area contributed by atoms with Crippen LogP contribution in [0.25, 0.3) is 0 Å². The monoisotopic (exact) mass is 428 g/mol. The van der Waals surface area contributed by atoms with Crippen molar-refractivity contribution in [2.75, 3.05) is 24.7 Å². The number of nitrogens with zero attached hydrogens (tertiary/aromatic N) is 1. The van der Waals surface area contributed by atoms with Gasteiger partial charge in [-0.3, -0.25) is 19.3 Å². The Hall–Kier alpha value is -3.42. The number of hydrogen-bond donors (Lipinski definition) is 1. The molecule has 3 rings (SSSR count). The molecular weight excluding hydrogens is 403 g/mol. The van der Waals surface area contributed by atoms with Crippen LogP contribution >= 0.6 is 0 Å². The highest BCUT2D eigenvalue weighted by atomic mass is 19.1. The highest BCUT2D eigenvalue weighted by molar-refractivity contribution is 6.04. The van der Waals surface area contributed by atoms with Gasteiger partial charge in [-0.05, 0) is 56.2 Å². The smallest absolute Gasteiger partial charge is 0.265 e. The lowest BCUT2D eigenvalue weighted by molar-refractivity contribution is -0.125. The van der Waals surface area contributed by atoms with Crippen molar-refractivity contribution in [2.45, 2.75) is 33.2 Å². The van der Waals surface area contributed by atoms with Crippen molar-refractivity contribution in [3.8, 4) is 11.5 Å². The number of anilines is 1. The second-order valence-electron chi connectivity index (χ2n) is 7.47. The minimum Gasteiger partial charge on any atom is -0.482 e. The van der Waals surface area contributed by atoms with E-state index in [9.17, 15) is 18.8 Å². The van der Waals surface area contributed by atoms with Crippen LogP contribution in [0.1, 0.15) is 36.2 Å². The average Bonchev–Trinajstić information content (AvgIpc) is 2.75. The number of ketones is 1. The lowest BCUT2D eigenvalue weighted by Gasteiger charge is -2.29. The van der Waals surface area contributed by atoms with Crippen LogP contribution in [0.15, 0.2) is 36.4 Å². The molecule has 2 aromatic carbocycles. The topological polar surface area (TPSA) is 84.9 Å². The first-order chi connectivity index (χ1) is 14.8. The molecule has 0 saturated carbocycles. The molecule has 2 aromatic rings. The van der Waals surface area contributed by atoms with Gasteiger partial charge in [-0.2, -0.15) is 0 Å². The van der Waals surface area contributed by atoms with Gasteiger partial charge in [-0.15, -0.1) is 0 Å². The summed E-state index contributed by atoms with van der Waals surface area (Å²) < 4.78 is 24.6. The van der Waals surface area contributed by atoms with Crippen LogP contribution in [0.2, 0.25) is 0 Å². The van der Waals surface area contributed by atoms with Gasteiger partial charge in [0.1, 0.15) is 12.3 Å². The van der Waals surface area contributed by atoms with Crippen LogP contribution in [0.3, 0.4) is 0 Å². The maximum Gasteiger partial charge on any atom is 0.265 e. The Kier molecular flexibility index (Phi) is 6.89. The standard InChI is InChI=1S/C23H25FN2O5/c1-4-15(3)25-22(28)11-26-18-10-16(6-8-20(18)31-13-23(26)29)19(27)12-30-21-9-14(2)5-7-17(21)24/h5-10,15H,4,11-13H2,1-3H3,(H,25,28). The van der Waals surface area contributed by atoms with Crippen molar-refractivity contribution < 1.29 is 28.2 Å². The number of rotatable bonds is 8. The molecule has 1 atom stereocenters. The van der Waals surface area contributed by atoms with Crippen LogP contribution in [-0.4, -0.2) is 43.4 Å². The summed E-state index contributed by atoms with van der Waals surface area (Å²) >= 11 is 0. The van der Waals surface area contributed by atoms with Crippen molar-refractivity contribution in [2.24, 2.45) is 0 Å². The molecule has 1 aliphatic heterocycles. The molecule has 1 aliphatic rings. The van der Waals surface area contributed by atoms with E-state index in [1.54, 1.807) is 25.1 Å². The van der Waals surface area contributed by atoms with E-state index in [1.165, 1.54) is 23.1 Å². The molecule has 164 valence electrons. The molecule has 0 aromatic heterocycles. The van der Waals surface area contributed by atoms with E-state index in [1.807, 2.05) is 13.8 Å². The Balaban J connectivity index is 1.76. The normalized spacial score (nSPS) is 13.8. The molecule has 0 spiro atoms. The summed E-state index contributed by atoms with van der Waals surface area (Å²) in [5.41, 5.74) is 1.40. The molecule has 0 aliphatic carbocycles. The van der Waals surface area contributed by atoms with Gasteiger partial charge in [0.2, 0.25) is 5.91 Å². The van der Waals surface area contributed by atoms with Gasteiger partial charge in [-0.1, -0.05) is 13.0 Å². The van der Waals surface area contributed by atoms with E-state index in [0.717, 1.165) is 12.0 Å². The minimum atomic E-state index is -0.554. The Labute approximate surface area is 180 Å². The zero-order valence-corrected chi connectivity index (χ0v) is 17.7. The molecule has 1 heterocycles. The Bertz CT molecular complexity index is 1010. The summed E-state index contributed by atoms with van der Waals surface area (Å²) in [5.74, 6) is -1.24. The quantitative estimate of drug-likeness (QED) is 0.654. The largest absolute Gasteiger partial charge is 0.482 e. The number of carbonyl (C=O) groups is 3. The molecule has 31 heavy (non-hydrogen) atoms. The Morgan fingerprint density at radius 2 is 2.03 bits per heavy atom. The van der Waals surface area contributed by atoms with Gasteiger partial charge in [0.05, 0.1) is 5.69 Å². The second-order valence-corrected chi connectivity index (χ2v) is 7.47. The predicted molar refractivity (Wildman–Crippen MR) is 113 cm³/mol. The van der Waals surface area contributed by atoms with Gasteiger partial charge in [0.25, 0.3) is 5.91 Å². The van der Waals surface area contributed by atoms with Crippen molar-refractivity contribution in [3.63, 3.8) is 0 Å². The lowest BCUT2D eigenvalue weighted by atomic mass is 10.1. The van der Waals surface area contributed by atoms with Gasteiger partial charge in [0.15, 0.2) is 30.6 Å². The van der Waals surface area contributed by atoms with Crippen LogP contribution < -0.4 is 19.7 Å². The zero-order chi connectivity index (χ0) is 22.5. The molecule has 0 saturated heterocycles. The van der Waals surface area contributed by atoms with Crippen molar-refractivity contribution in [3.05, 3.63) is 53.3 Å². The molecular formula is C23H25FN2O5. The zero-order valence-electron chi connectivity index (χ0n) is 17.7. The number of aryl methyl sites for hydroxylation is 1. The molecule has 7 nitrogen and oxygen atoms in total. The summed E-state index contributed by atoms with van der Waals surface area (Å²) in [7, 11) is 0. The van der Waals surface area contributed by atoms with Crippen molar-refractivity contribution in [1.82, 2.24) is 5.32 Å². The average molecular weight is 428 g/mol. The first-order valence-corrected chi connectivity index (χ1v) is 10.1. The summed E-state index contributed by atoms with van der Waals surface area (Å²) in [5, 5.41) is 2.82. The predicted octanol–water partition coefficient (Wildman–Crippen LogP) is 3.04. The Morgan fingerprint density at radius 3 is 2.77 bits per heavy atom. The molecule has 2 amide bonds. The summed E-state index contributed by atoms with van der Waals surface area (Å²) in [6, 6.07) is 8.98. The summed E-state index contributed by atoms with van der Waals surface area (Å²) in [6.07, 6.45) is 0.763. The fraction of sp³-hybridized carbons (Fsp3) is 0.348. The van der Waals surface area contributed by atoms with E-state index < -0.39 is 11.6 Å². The third-order valence-electron chi connectivity index (χ3n) is 4.99. The highest BCUT2D eigenvalue weighted by Crippen LogP contribution is 2.33. The first kappa shape index (κ1) is 22.3. The molecule has 1 N–H and O–H groups in total. The van der Waals surface area contributed by atoms with Crippen LogP contribution in [-0.2, 0) is 9.59 Å². The fourth-order valence-corrected chi connectivity index (χ4v) is 3.06. The van der Waals surface area contributed by atoms with E-state index in [2.05, 4.69) is 5.32 Å². The van der Waals surface area contributed by atoms with E-state index in [4.69, 9.17) is 9.47 Å². The number of hydrogen-bond acceptors (Lipinski definition) is 5. The number of ether oxygens (including phenoxy) is 2. The number of benzene rings is 2. The number of carbonyl (C=O) groups excluding carboxylic acids is 3. The summed E-state index contributed by atoms with van der Waals surface area (Å²) in [4.78, 5) is 38.6. The third-order valence-corrected chi connectivity index (χ3v) is 4.99. The van der Waals surface area contributed by atoms with Crippen molar-refractivity contribution in [1.29, 1.82) is 0 Å². The van der Waals surface area contributed by atoms with E-state index >= 15 is 0 Å². The van der Waals surface area contributed by atoms with Crippen LogP contribution in [0.5, 0.6) is 11.5 Å². The van der Waals surface area contributed by atoms with Gasteiger partial charge in [0, 0.05) is 11.6 Å². The minimum absolute atomic E-state index is 0.00633. The van der Waals surface area contributed by atoms with E-state index in [-0.39, 0.29) is 48.9 Å². The SMILES string of the molecule is CCC(C)NC(=O)CN1C(=O)COc2ccc(C(=O)COc3cc(C)ccc3F)cc21. The van der Waals surface area contributed by atoms with Gasteiger partial charge >= 0.3 is 0 Å². The third kappa shape index (κ3) is 5.39. The number of Topliss-reactive ketones (excluding diaryl/α,β-unsaturated/α-hetero) is 1. The van der Waals surface area contributed by atoms with Gasteiger partial charge in [-0.25, -0.2) is 4.39 Å². The molecule has 0 radical (unpaired) electrons. The van der Waals surface area contributed by atoms with Gasteiger partial charge < -0.3 is 14.8 Å². The Morgan fingerprint density at radius 1 is 1.26 bits per heavy atom. The molecule has 0 bridgehead atoms. The van der Waals surface area contributed by atoms with Crippen molar-refractivity contribution >= 4 is 23.3 Å². The summed E-state index contributed by atoms with van der Waals surface area (Å²) in [6.45, 7) is 4.88. The lowest BCUT2D eigenvalue weighted by Crippen LogP contribution is -2.46. The van der Waals surface area contributed by atoms with E-state index in [0.29, 0.717) is 11.4 Å². The number of amides is 2. The fourth-order valence-electron chi connectivity index (χ4n) is 3.06. The maximum absolute atomic E-state index is 13.8. The highest BCUT2D eigenvalue weighted by Gasteiger charge is 2.28. The second kappa shape index (κ2) is 9.59. The van der Waals surface area contributed by atoms with Crippen LogP contribution in [0, 0.1) is 12.7 Å².